The molecule has 16 heavy (non-hydrogen) atoms. The van der Waals surface area contributed by atoms with Crippen LogP contribution in [0.5, 0.6) is 0 Å². The van der Waals surface area contributed by atoms with Crippen LogP contribution in [0.1, 0.15) is 23.0 Å². The van der Waals surface area contributed by atoms with Crippen molar-refractivity contribution in [1.29, 1.82) is 0 Å². The molecule has 0 fully saturated rings. The van der Waals surface area contributed by atoms with Crippen molar-refractivity contribution < 1.29 is 13.9 Å². The number of hydrogen-bond donors (Lipinski definition) is 1. The number of pyridine rings is 1. The average molecular weight is 221 g/mol. The lowest BCUT2D eigenvalue weighted by atomic mass is 10.1. The smallest absolute Gasteiger partial charge is 0.343 e. The number of aromatic amines is 1. The Morgan fingerprint density at radius 3 is 3.00 bits per heavy atom. The number of aryl methyl sites for hydroxylation is 1. The van der Waals surface area contributed by atoms with Crippen LogP contribution in [0.2, 0.25) is 0 Å². The molecule has 2 rings (SSSR count). The Balaban J connectivity index is 2.69. The number of fused-ring (bicyclic) bond motifs is 1. The third kappa shape index (κ3) is 1.50. The van der Waals surface area contributed by atoms with E-state index in [1.54, 1.807) is 13.8 Å². The minimum absolute atomic E-state index is 0.0377. The van der Waals surface area contributed by atoms with Crippen LogP contribution in [0.15, 0.2) is 21.5 Å². The third-order valence-corrected chi connectivity index (χ3v) is 2.29. The molecule has 5 heteroatoms. The number of nitrogens with one attached hydrogen (secondary N) is 1. The molecule has 0 spiro atoms. The molecule has 1 N–H and O–H groups in total. The third-order valence-electron chi connectivity index (χ3n) is 2.29. The van der Waals surface area contributed by atoms with Gasteiger partial charge in [-0.05, 0) is 19.9 Å². The van der Waals surface area contributed by atoms with E-state index in [1.807, 2.05) is 0 Å². The Labute approximate surface area is 91.0 Å². The van der Waals surface area contributed by atoms with Gasteiger partial charge in [-0.1, -0.05) is 0 Å². The SMILES string of the molecule is CCOC(=O)c1c(C)[nH]c2occc2c1=O. The van der Waals surface area contributed by atoms with Gasteiger partial charge in [-0.3, -0.25) is 4.79 Å². The van der Waals surface area contributed by atoms with Crippen molar-refractivity contribution in [2.75, 3.05) is 6.61 Å². The van der Waals surface area contributed by atoms with Crippen molar-refractivity contribution in [2.45, 2.75) is 13.8 Å². The molecule has 0 bridgehead atoms. The molecule has 2 aromatic heterocycles. The van der Waals surface area contributed by atoms with Crippen molar-refractivity contribution in [3.8, 4) is 0 Å². The quantitative estimate of drug-likeness (QED) is 0.782. The summed E-state index contributed by atoms with van der Waals surface area (Å²) >= 11 is 0. The highest BCUT2D eigenvalue weighted by Crippen LogP contribution is 2.12. The van der Waals surface area contributed by atoms with E-state index in [9.17, 15) is 9.59 Å². The largest absolute Gasteiger partial charge is 0.462 e. The molecule has 2 aromatic rings. The van der Waals surface area contributed by atoms with Crippen LogP contribution in [0.3, 0.4) is 0 Å². The number of rotatable bonds is 2. The Morgan fingerprint density at radius 1 is 1.56 bits per heavy atom. The van der Waals surface area contributed by atoms with Crippen molar-refractivity contribution in [3.63, 3.8) is 0 Å². The molecule has 84 valence electrons. The average Bonchev–Trinajstić information content (AvgIpc) is 2.66. The molecule has 2 heterocycles. The predicted octanol–water partition coefficient (Wildman–Crippen LogP) is 1.61. The van der Waals surface area contributed by atoms with E-state index in [2.05, 4.69) is 4.98 Å². The van der Waals surface area contributed by atoms with E-state index < -0.39 is 5.97 Å². The van der Waals surface area contributed by atoms with Gasteiger partial charge < -0.3 is 14.1 Å². The second-order valence-electron chi connectivity index (χ2n) is 3.34. The summed E-state index contributed by atoms with van der Waals surface area (Å²) in [5.74, 6) is -0.607. The Kier molecular flexibility index (Phi) is 2.52. The first-order valence-electron chi connectivity index (χ1n) is 4.92. The fourth-order valence-electron chi connectivity index (χ4n) is 1.57. The maximum Gasteiger partial charge on any atom is 0.343 e. The molecule has 0 aliphatic rings. The monoisotopic (exact) mass is 221 g/mol. The Bertz CT molecular complexity index is 594. The summed E-state index contributed by atoms with van der Waals surface area (Å²) in [5, 5.41) is 0.355. The molecule has 0 saturated carbocycles. The molecule has 0 atom stereocenters. The van der Waals surface area contributed by atoms with Crippen LogP contribution >= 0.6 is 0 Å². The summed E-state index contributed by atoms with van der Waals surface area (Å²) in [6.07, 6.45) is 1.40. The molecule has 0 unspecified atom stereocenters. The standard InChI is InChI=1S/C11H11NO4/c1-3-15-11(14)8-6(2)12-10-7(9(8)13)4-5-16-10/h4-5H,3H2,1-2H3,(H,12,13). The highest BCUT2D eigenvalue weighted by atomic mass is 16.5. The highest BCUT2D eigenvalue weighted by Gasteiger charge is 2.18. The number of aromatic nitrogens is 1. The first-order chi connectivity index (χ1) is 7.65. The summed E-state index contributed by atoms with van der Waals surface area (Å²) in [6, 6.07) is 1.52. The Hall–Kier alpha value is -2.04. The van der Waals surface area contributed by atoms with Crippen molar-refractivity contribution in [1.82, 2.24) is 4.98 Å². The first-order valence-corrected chi connectivity index (χ1v) is 4.92. The molecule has 0 aliphatic carbocycles. The zero-order chi connectivity index (χ0) is 11.7. The molecular formula is C11H11NO4. The summed E-state index contributed by atoms with van der Waals surface area (Å²) in [7, 11) is 0. The fraction of sp³-hybridized carbons (Fsp3) is 0.273. The van der Waals surface area contributed by atoms with Crippen molar-refractivity contribution >= 4 is 17.1 Å². The number of esters is 1. The van der Waals surface area contributed by atoms with Gasteiger partial charge in [-0.15, -0.1) is 0 Å². The van der Waals surface area contributed by atoms with E-state index in [0.29, 0.717) is 16.8 Å². The minimum atomic E-state index is -0.607. The molecular weight excluding hydrogens is 210 g/mol. The lowest BCUT2D eigenvalue weighted by Crippen LogP contribution is -2.20. The van der Waals surface area contributed by atoms with Gasteiger partial charge in [0.1, 0.15) is 5.56 Å². The zero-order valence-corrected chi connectivity index (χ0v) is 8.99. The van der Waals surface area contributed by atoms with Gasteiger partial charge in [0.25, 0.3) is 0 Å². The molecule has 0 radical (unpaired) electrons. The second kappa shape index (κ2) is 3.84. The van der Waals surface area contributed by atoms with Crippen LogP contribution in [-0.2, 0) is 4.74 Å². The molecule has 0 aromatic carbocycles. The number of carbonyl (C=O) groups is 1. The number of ether oxygens (including phenoxy) is 1. The van der Waals surface area contributed by atoms with Crippen molar-refractivity contribution in [2.24, 2.45) is 0 Å². The van der Waals surface area contributed by atoms with Crippen LogP contribution in [-0.4, -0.2) is 17.6 Å². The van der Waals surface area contributed by atoms with Crippen LogP contribution in [0.25, 0.3) is 11.1 Å². The van der Waals surface area contributed by atoms with Gasteiger partial charge in [0.2, 0.25) is 11.1 Å². The topological polar surface area (TPSA) is 72.3 Å². The maximum atomic E-state index is 11.9. The van der Waals surface area contributed by atoms with Gasteiger partial charge in [0.15, 0.2) is 0 Å². The van der Waals surface area contributed by atoms with E-state index >= 15 is 0 Å². The van der Waals surface area contributed by atoms with E-state index in [4.69, 9.17) is 9.15 Å². The lowest BCUT2D eigenvalue weighted by molar-refractivity contribution is 0.0524. The fourth-order valence-corrected chi connectivity index (χ4v) is 1.57. The molecule has 0 saturated heterocycles. The van der Waals surface area contributed by atoms with Crippen LogP contribution < -0.4 is 5.43 Å². The molecule has 5 nitrogen and oxygen atoms in total. The zero-order valence-electron chi connectivity index (χ0n) is 8.99. The van der Waals surface area contributed by atoms with E-state index in [-0.39, 0.29) is 17.6 Å². The van der Waals surface area contributed by atoms with Crippen LogP contribution in [0, 0.1) is 6.92 Å². The summed E-state index contributed by atoms with van der Waals surface area (Å²) < 4.78 is 9.89. The summed E-state index contributed by atoms with van der Waals surface area (Å²) in [5.41, 5.74) is 0.496. The number of hydrogen-bond acceptors (Lipinski definition) is 4. The highest BCUT2D eigenvalue weighted by molar-refractivity contribution is 5.94. The number of H-pyrrole nitrogens is 1. The van der Waals surface area contributed by atoms with Gasteiger partial charge in [-0.2, -0.15) is 0 Å². The van der Waals surface area contributed by atoms with Crippen molar-refractivity contribution in [3.05, 3.63) is 33.8 Å². The number of carbonyl (C=O) groups excluding carboxylic acids is 1. The van der Waals surface area contributed by atoms with Gasteiger partial charge in [-0.25, -0.2) is 4.79 Å². The molecule has 0 amide bonds. The summed E-state index contributed by atoms with van der Waals surface area (Å²) in [4.78, 5) is 26.4. The van der Waals surface area contributed by atoms with E-state index in [0.717, 1.165) is 0 Å². The second-order valence-corrected chi connectivity index (χ2v) is 3.34. The normalized spacial score (nSPS) is 10.6. The van der Waals surface area contributed by atoms with Crippen LogP contribution in [0.4, 0.5) is 0 Å². The van der Waals surface area contributed by atoms with Gasteiger partial charge in [0.05, 0.1) is 18.3 Å². The summed E-state index contributed by atoms with van der Waals surface area (Å²) in [6.45, 7) is 3.56. The molecule has 0 aliphatic heterocycles. The number of furan rings is 1. The van der Waals surface area contributed by atoms with Gasteiger partial charge in [0, 0.05) is 5.69 Å². The van der Waals surface area contributed by atoms with E-state index in [1.165, 1.54) is 12.3 Å². The van der Waals surface area contributed by atoms with Gasteiger partial charge >= 0.3 is 5.97 Å². The predicted molar refractivity (Wildman–Crippen MR) is 57.5 cm³/mol. The lowest BCUT2D eigenvalue weighted by Gasteiger charge is -2.04. The first kappa shape index (κ1) is 10.5. The minimum Gasteiger partial charge on any atom is -0.462 e. The Morgan fingerprint density at radius 2 is 2.31 bits per heavy atom. The maximum absolute atomic E-state index is 11.9.